The molecule has 0 aromatic heterocycles. The minimum absolute atomic E-state index is 0.0235. The van der Waals surface area contributed by atoms with Crippen molar-refractivity contribution in [2.24, 2.45) is 17.3 Å². The number of nitrogens with one attached hydrogen (secondary N) is 2. The molecular formula is C35H49N3O8S. The van der Waals surface area contributed by atoms with Crippen molar-refractivity contribution < 1.29 is 38.5 Å². The summed E-state index contributed by atoms with van der Waals surface area (Å²) < 4.78 is 16.2. The smallest absolute Gasteiger partial charge is 0.418 e. The zero-order valence-corrected chi connectivity index (χ0v) is 28.4. The second-order valence-corrected chi connectivity index (χ2v) is 15.4. The van der Waals surface area contributed by atoms with Gasteiger partial charge in [-0.25, -0.2) is 19.3 Å². The number of phenols is 1. The summed E-state index contributed by atoms with van der Waals surface area (Å²) in [5.74, 6) is 2.41. The molecule has 6 rings (SSSR count). The average molecular weight is 672 g/mol. The van der Waals surface area contributed by atoms with Crippen molar-refractivity contribution in [1.82, 2.24) is 15.5 Å². The number of esters is 1. The predicted molar refractivity (Wildman–Crippen MR) is 176 cm³/mol. The number of thioether (sulfide) groups is 1. The van der Waals surface area contributed by atoms with E-state index in [1.54, 1.807) is 11.8 Å². The number of carbonyl (C=O) groups excluding carboxylic acids is 4. The van der Waals surface area contributed by atoms with Crippen LogP contribution in [0.5, 0.6) is 5.75 Å². The number of imide groups is 1. The summed E-state index contributed by atoms with van der Waals surface area (Å²) in [6.07, 6.45) is 9.04. The first kappa shape index (κ1) is 33.7. The Morgan fingerprint density at radius 2 is 1.98 bits per heavy atom. The quantitative estimate of drug-likeness (QED) is 0.114. The molecule has 3 aliphatic carbocycles. The molecule has 2 aliphatic heterocycles. The number of hydrogen-bond donors (Lipinski definition) is 3. The molecule has 7 unspecified atom stereocenters. The standard InChI is InChI=1S/C35H49N3O8S/c1-35-16-15-24-23-12-10-22(39)19-21(23)9-11-25(24)26(35)13-14-29(35)46-33(42)36-17-5-6-18-45-34(43)38-27-20-47-28(31(27)37-32(38)41)7-3-4-8-30(40)44-2/h10,12,19,24-29,31,39H,3-9,11,13-18,20H2,1-2H3,(H,36,42)(H,37,41)/t24?,25?,26?,27?,28?,29-,31?,35?/m0/s1. The minimum Gasteiger partial charge on any atom is -0.508 e. The van der Waals surface area contributed by atoms with Crippen molar-refractivity contribution in [3.63, 3.8) is 0 Å². The van der Waals surface area contributed by atoms with Crippen LogP contribution in [0.2, 0.25) is 0 Å². The monoisotopic (exact) mass is 671 g/mol. The van der Waals surface area contributed by atoms with Crippen LogP contribution in [-0.2, 0) is 25.4 Å². The van der Waals surface area contributed by atoms with Crippen molar-refractivity contribution >= 4 is 35.9 Å². The number of unbranched alkanes of at least 4 members (excludes halogenated alkanes) is 2. The molecule has 47 heavy (non-hydrogen) atoms. The highest BCUT2D eigenvalue weighted by molar-refractivity contribution is 8.00. The van der Waals surface area contributed by atoms with Crippen LogP contribution in [-0.4, -0.2) is 83.6 Å². The number of alkyl carbamates (subject to hydrolysis) is 1. The maximum absolute atomic E-state index is 12.8. The van der Waals surface area contributed by atoms with Crippen LogP contribution in [0.3, 0.4) is 0 Å². The second kappa shape index (κ2) is 14.5. The summed E-state index contributed by atoms with van der Waals surface area (Å²) >= 11 is 1.74. The van der Waals surface area contributed by atoms with Crippen LogP contribution in [0, 0.1) is 17.3 Å². The van der Waals surface area contributed by atoms with Crippen molar-refractivity contribution in [3.05, 3.63) is 29.3 Å². The maximum atomic E-state index is 12.8. The van der Waals surface area contributed by atoms with E-state index in [1.165, 1.54) is 23.1 Å². The molecule has 0 spiro atoms. The lowest BCUT2D eigenvalue weighted by Gasteiger charge is -2.50. The van der Waals surface area contributed by atoms with Crippen LogP contribution in [0.1, 0.15) is 94.6 Å². The van der Waals surface area contributed by atoms with Gasteiger partial charge in [-0.1, -0.05) is 19.4 Å². The third-order valence-corrected chi connectivity index (χ3v) is 13.1. The van der Waals surface area contributed by atoms with E-state index in [4.69, 9.17) is 9.47 Å². The highest BCUT2D eigenvalue weighted by Crippen LogP contribution is 2.61. The number of aromatic hydroxyl groups is 1. The number of phenolic OH excluding ortho intramolecular Hbond substituents is 1. The number of urea groups is 1. The Morgan fingerprint density at radius 1 is 1.13 bits per heavy atom. The third-order valence-electron chi connectivity index (χ3n) is 11.6. The number of methoxy groups -OCH3 is 1. The van der Waals surface area contributed by atoms with Crippen molar-refractivity contribution in [2.45, 2.75) is 113 Å². The Kier molecular flexibility index (Phi) is 10.4. The van der Waals surface area contributed by atoms with E-state index < -0.39 is 12.1 Å². The number of fused-ring (bicyclic) bond motifs is 6. The van der Waals surface area contributed by atoms with Gasteiger partial charge in [-0.2, -0.15) is 11.8 Å². The van der Waals surface area contributed by atoms with Crippen molar-refractivity contribution in [1.29, 1.82) is 0 Å². The van der Waals surface area contributed by atoms with Crippen LogP contribution in [0.25, 0.3) is 0 Å². The molecule has 4 amide bonds. The van der Waals surface area contributed by atoms with E-state index in [9.17, 15) is 24.3 Å². The summed E-state index contributed by atoms with van der Waals surface area (Å²) in [6.45, 7) is 2.88. The minimum atomic E-state index is -0.632. The van der Waals surface area contributed by atoms with Crippen LogP contribution < -0.4 is 10.6 Å². The Balaban J connectivity index is 0.878. The van der Waals surface area contributed by atoms with Gasteiger partial charge in [0.05, 0.1) is 25.8 Å². The second-order valence-electron chi connectivity index (χ2n) is 14.2. The summed E-state index contributed by atoms with van der Waals surface area (Å²) in [5.41, 5.74) is 2.66. The number of rotatable bonds is 11. The fraction of sp³-hybridized carbons (Fsp3) is 0.714. The number of hydrogen-bond acceptors (Lipinski definition) is 9. The predicted octanol–water partition coefficient (Wildman–Crippen LogP) is 5.87. The number of benzene rings is 1. The maximum Gasteiger partial charge on any atom is 0.418 e. The van der Waals surface area contributed by atoms with Crippen LogP contribution >= 0.6 is 11.8 Å². The topological polar surface area (TPSA) is 144 Å². The molecule has 2 heterocycles. The first-order valence-corrected chi connectivity index (χ1v) is 18.5. The molecule has 258 valence electrons. The Morgan fingerprint density at radius 3 is 2.81 bits per heavy atom. The van der Waals surface area contributed by atoms with E-state index in [-0.39, 0.29) is 47.5 Å². The fourth-order valence-corrected chi connectivity index (χ4v) is 10.8. The van der Waals surface area contributed by atoms with Gasteiger partial charge in [0.15, 0.2) is 0 Å². The largest absolute Gasteiger partial charge is 0.508 e. The molecule has 0 bridgehead atoms. The van der Waals surface area contributed by atoms with E-state index in [2.05, 4.69) is 28.4 Å². The summed E-state index contributed by atoms with van der Waals surface area (Å²) in [7, 11) is 1.38. The number of aryl methyl sites for hydroxylation is 1. The van der Waals surface area contributed by atoms with Gasteiger partial charge in [-0.05, 0) is 105 Å². The molecule has 0 radical (unpaired) electrons. The highest BCUT2D eigenvalue weighted by Gasteiger charge is 2.56. The van der Waals surface area contributed by atoms with E-state index >= 15 is 0 Å². The van der Waals surface area contributed by atoms with Gasteiger partial charge < -0.3 is 30.0 Å². The third kappa shape index (κ3) is 7.03. The summed E-state index contributed by atoms with van der Waals surface area (Å²) in [6, 6.07) is 5.09. The number of ether oxygens (including phenoxy) is 3. The van der Waals surface area contributed by atoms with Gasteiger partial charge in [-0.3, -0.25) is 4.79 Å². The van der Waals surface area contributed by atoms with Crippen molar-refractivity contribution in [3.8, 4) is 5.75 Å². The Labute approximate surface area is 281 Å². The molecule has 2 saturated heterocycles. The van der Waals surface area contributed by atoms with Gasteiger partial charge in [0.2, 0.25) is 0 Å². The molecule has 5 aliphatic rings. The van der Waals surface area contributed by atoms with Crippen LogP contribution in [0.4, 0.5) is 14.4 Å². The molecule has 11 nitrogen and oxygen atoms in total. The first-order chi connectivity index (χ1) is 22.7. The Bertz CT molecular complexity index is 1340. The zero-order valence-electron chi connectivity index (χ0n) is 27.5. The first-order valence-electron chi connectivity index (χ1n) is 17.4. The van der Waals surface area contributed by atoms with Crippen molar-refractivity contribution in [2.75, 3.05) is 26.0 Å². The SMILES string of the molecule is COC(=O)CCCCC1SCC2C1NC(=O)N2C(=O)OCCCCNC(=O)O[C@H]1CCC2C3CCc4cc(O)ccc4C3CCC21C. The molecule has 12 heteroatoms. The number of nitrogens with zero attached hydrogens (tertiary/aromatic N) is 1. The van der Waals surface area contributed by atoms with Gasteiger partial charge in [0.1, 0.15) is 11.9 Å². The van der Waals surface area contributed by atoms with Gasteiger partial charge in [0, 0.05) is 29.4 Å². The Hall–Kier alpha value is -3.15. The van der Waals surface area contributed by atoms with E-state index in [1.807, 2.05) is 12.1 Å². The zero-order chi connectivity index (χ0) is 33.1. The molecular weight excluding hydrogens is 622 g/mol. The van der Waals surface area contributed by atoms with E-state index in [0.717, 1.165) is 57.8 Å². The van der Waals surface area contributed by atoms with Gasteiger partial charge in [-0.15, -0.1) is 0 Å². The normalized spacial score (nSPS) is 32.0. The van der Waals surface area contributed by atoms with Gasteiger partial charge in [0.25, 0.3) is 0 Å². The lowest BCUT2D eigenvalue weighted by Crippen LogP contribution is -2.46. The lowest BCUT2D eigenvalue weighted by molar-refractivity contribution is -0.140. The molecule has 1 aromatic rings. The lowest BCUT2D eigenvalue weighted by atomic mass is 9.55. The summed E-state index contributed by atoms with van der Waals surface area (Å²) in [4.78, 5) is 50.7. The average Bonchev–Trinajstić information content (AvgIpc) is 3.71. The molecule has 1 aromatic carbocycles. The van der Waals surface area contributed by atoms with E-state index in [0.29, 0.717) is 55.1 Å². The summed E-state index contributed by atoms with van der Waals surface area (Å²) in [5, 5.41) is 16.0. The molecule has 3 N–H and O–H groups in total. The van der Waals surface area contributed by atoms with Crippen LogP contribution in [0.15, 0.2) is 18.2 Å². The molecule has 4 fully saturated rings. The fourth-order valence-electron chi connectivity index (χ4n) is 9.19. The highest BCUT2D eigenvalue weighted by atomic mass is 32.2. The molecule has 8 atom stereocenters. The number of carbonyl (C=O) groups is 4. The van der Waals surface area contributed by atoms with Gasteiger partial charge >= 0.3 is 24.2 Å². The molecule has 2 saturated carbocycles. The number of amides is 4.